The molecule has 1 saturated heterocycles. The Kier molecular flexibility index (Phi) is 6.29. The fraction of sp³-hybridized carbons (Fsp3) is 0.250. The number of rotatable bonds is 6. The summed E-state index contributed by atoms with van der Waals surface area (Å²) in [5.41, 5.74) is 11.2. The Bertz CT molecular complexity index is 1320. The lowest BCUT2D eigenvalue weighted by atomic mass is 10.0. The van der Waals surface area contributed by atoms with Gasteiger partial charge in [0.1, 0.15) is 4.99 Å². The number of aromatic nitrogens is 2. The number of nitrogens with zero attached hydrogens (tertiary/aromatic N) is 3. The van der Waals surface area contributed by atoms with E-state index in [1.165, 1.54) is 10.9 Å². The Morgan fingerprint density at radius 3 is 2.76 bits per heavy atom. The van der Waals surface area contributed by atoms with Crippen LogP contribution in [-0.4, -0.2) is 42.4 Å². The molecule has 3 N–H and O–H groups in total. The van der Waals surface area contributed by atoms with Crippen LogP contribution in [0.2, 0.25) is 0 Å². The first-order valence-electron chi connectivity index (χ1n) is 10.8. The number of nitrogens with two attached hydrogens (primary N) is 1. The maximum Gasteiger partial charge on any atom is 0.187 e. The summed E-state index contributed by atoms with van der Waals surface area (Å²) in [4.78, 5) is 4.75. The zero-order valence-electron chi connectivity index (χ0n) is 18.2. The number of piperidine rings is 1. The number of thiocarbonyl (C=S) groups is 1. The highest BCUT2D eigenvalue weighted by atomic mass is 32.2. The SMILES string of the molecule is CS(=O)N1CCC(n2cc(-c3cccc(C(N)=S)c3)c3ccc(Nc4nccs4)cc32)CC1. The maximum atomic E-state index is 11.9. The molecule has 4 aromatic rings. The number of nitrogens with one attached hydrogen (secondary N) is 1. The van der Waals surface area contributed by atoms with Crippen LogP contribution in [0, 0.1) is 0 Å². The highest BCUT2D eigenvalue weighted by molar-refractivity contribution is 7.81. The summed E-state index contributed by atoms with van der Waals surface area (Å²) in [6.07, 6.45) is 7.72. The van der Waals surface area contributed by atoms with E-state index in [1.807, 2.05) is 21.8 Å². The molecule has 0 amide bonds. The van der Waals surface area contributed by atoms with Gasteiger partial charge in [0.25, 0.3) is 0 Å². The van der Waals surface area contributed by atoms with Crippen molar-refractivity contribution >= 4 is 61.3 Å². The highest BCUT2D eigenvalue weighted by Gasteiger charge is 2.24. The zero-order chi connectivity index (χ0) is 22.9. The number of hydrogen-bond donors (Lipinski definition) is 2. The van der Waals surface area contributed by atoms with Gasteiger partial charge in [-0.05, 0) is 36.6 Å². The van der Waals surface area contributed by atoms with Crippen molar-refractivity contribution in [3.8, 4) is 11.1 Å². The van der Waals surface area contributed by atoms with Gasteiger partial charge < -0.3 is 15.6 Å². The first kappa shape index (κ1) is 22.2. The van der Waals surface area contributed by atoms with E-state index in [0.717, 1.165) is 53.4 Å². The molecule has 2 aromatic heterocycles. The molecule has 1 atom stereocenters. The van der Waals surface area contributed by atoms with Crippen molar-refractivity contribution in [2.75, 3.05) is 24.7 Å². The van der Waals surface area contributed by atoms with E-state index in [0.29, 0.717) is 11.0 Å². The molecular weight excluding hydrogens is 470 g/mol. The summed E-state index contributed by atoms with van der Waals surface area (Å²) >= 11 is 6.79. The molecule has 1 aliphatic rings. The molecule has 1 unspecified atom stereocenters. The molecule has 0 saturated carbocycles. The van der Waals surface area contributed by atoms with Gasteiger partial charge in [-0.2, -0.15) is 0 Å². The third-order valence-electron chi connectivity index (χ3n) is 6.16. The smallest absolute Gasteiger partial charge is 0.187 e. The van der Waals surface area contributed by atoms with Gasteiger partial charge >= 0.3 is 0 Å². The summed E-state index contributed by atoms with van der Waals surface area (Å²) in [6, 6.07) is 14.9. The number of hydrogen-bond acceptors (Lipinski definition) is 5. The molecular formula is C24H25N5OS3. The average molecular weight is 496 g/mol. The van der Waals surface area contributed by atoms with Crippen LogP contribution in [0.15, 0.2) is 60.2 Å². The van der Waals surface area contributed by atoms with E-state index < -0.39 is 11.0 Å². The van der Waals surface area contributed by atoms with E-state index >= 15 is 0 Å². The minimum absolute atomic E-state index is 0.343. The van der Waals surface area contributed by atoms with Crippen LogP contribution in [0.3, 0.4) is 0 Å². The van der Waals surface area contributed by atoms with Crippen molar-refractivity contribution in [2.45, 2.75) is 18.9 Å². The second-order valence-electron chi connectivity index (χ2n) is 8.17. The molecule has 5 rings (SSSR count). The van der Waals surface area contributed by atoms with Crippen LogP contribution in [0.5, 0.6) is 0 Å². The summed E-state index contributed by atoms with van der Waals surface area (Å²) in [5, 5.41) is 7.43. The fourth-order valence-electron chi connectivity index (χ4n) is 4.49. The van der Waals surface area contributed by atoms with Crippen LogP contribution in [0.1, 0.15) is 24.4 Å². The molecule has 2 aromatic carbocycles. The lowest BCUT2D eigenvalue weighted by Crippen LogP contribution is -2.35. The molecule has 0 radical (unpaired) electrons. The molecule has 0 spiro atoms. The Labute approximate surface area is 205 Å². The predicted octanol–water partition coefficient (Wildman–Crippen LogP) is 5.07. The first-order valence-corrected chi connectivity index (χ1v) is 13.6. The fourth-order valence-corrected chi connectivity index (χ4v) is 5.89. The molecule has 1 fully saturated rings. The average Bonchev–Trinajstić information content (AvgIpc) is 3.47. The van der Waals surface area contributed by atoms with E-state index in [4.69, 9.17) is 18.0 Å². The van der Waals surface area contributed by atoms with E-state index in [2.05, 4.69) is 51.4 Å². The quantitative estimate of drug-likeness (QED) is 0.365. The van der Waals surface area contributed by atoms with Crippen molar-refractivity contribution in [2.24, 2.45) is 5.73 Å². The van der Waals surface area contributed by atoms with Gasteiger partial charge in [-0.3, -0.25) is 0 Å². The van der Waals surface area contributed by atoms with Crippen molar-refractivity contribution < 1.29 is 4.21 Å². The van der Waals surface area contributed by atoms with Crippen molar-refractivity contribution in [3.63, 3.8) is 0 Å². The van der Waals surface area contributed by atoms with Crippen LogP contribution >= 0.6 is 23.6 Å². The second kappa shape index (κ2) is 9.34. The summed E-state index contributed by atoms with van der Waals surface area (Å²) in [7, 11) is -0.920. The van der Waals surface area contributed by atoms with Crippen molar-refractivity contribution in [1.29, 1.82) is 0 Å². The van der Waals surface area contributed by atoms with Crippen LogP contribution < -0.4 is 11.1 Å². The predicted molar refractivity (Wildman–Crippen MR) is 143 cm³/mol. The third kappa shape index (κ3) is 4.59. The van der Waals surface area contributed by atoms with Crippen LogP contribution in [0.4, 0.5) is 10.8 Å². The lowest BCUT2D eigenvalue weighted by molar-refractivity contribution is 0.288. The second-order valence-corrected chi connectivity index (χ2v) is 10.9. The maximum absolute atomic E-state index is 11.9. The summed E-state index contributed by atoms with van der Waals surface area (Å²) in [6.45, 7) is 1.66. The molecule has 0 aliphatic carbocycles. The van der Waals surface area contributed by atoms with Gasteiger partial charge in [-0.1, -0.05) is 36.5 Å². The van der Waals surface area contributed by atoms with Gasteiger partial charge in [-0.25, -0.2) is 13.5 Å². The topological polar surface area (TPSA) is 76.2 Å². The Morgan fingerprint density at radius 2 is 2.06 bits per heavy atom. The molecule has 3 heterocycles. The van der Waals surface area contributed by atoms with Gasteiger partial charge in [0.15, 0.2) is 5.13 Å². The Morgan fingerprint density at radius 1 is 1.24 bits per heavy atom. The monoisotopic (exact) mass is 495 g/mol. The zero-order valence-corrected chi connectivity index (χ0v) is 20.7. The van der Waals surface area contributed by atoms with E-state index in [9.17, 15) is 4.21 Å². The van der Waals surface area contributed by atoms with Crippen LogP contribution in [-0.2, 0) is 11.0 Å². The minimum atomic E-state index is -0.920. The lowest BCUT2D eigenvalue weighted by Gasteiger charge is -2.31. The molecule has 0 bridgehead atoms. The van der Waals surface area contributed by atoms with Gasteiger partial charge in [0.2, 0.25) is 0 Å². The molecule has 1 aliphatic heterocycles. The Hall–Kier alpha value is -2.59. The Balaban J connectivity index is 1.58. The number of anilines is 2. The molecule has 9 heteroatoms. The van der Waals surface area contributed by atoms with Gasteiger partial charge in [-0.15, -0.1) is 11.3 Å². The normalized spacial score (nSPS) is 16.2. The van der Waals surface area contributed by atoms with Gasteiger partial charge in [0, 0.05) is 65.4 Å². The molecule has 6 nitrogen and oxygen atoms in total. The highest BCUT2D eigenvalue weighted by Crippen LogP contribution is 2.37. The number of benzene rings is 2. The van der Waals surface area contributed by atoms with Crippen molar-refractivity contribution in [1.82, 2.24) is 13.9 Å². The van der Waals surface area contributed by atoms with Gasteiger partial charge in [0.05, 0.1) is 16.5 Å². The summed E-state index contributed by atoms with van der Waals surface area (Å²) < 4.78 is 16.4. The standard InChI is InChI=1S/C24H25N5OS3/c1-33(30)28-10-7-19(8-11-28)29-15-21(16-3-2-4-17(13-16)23(25)31)20-6-5-18(14-22(20)29)27-24-26-9-12-32-24/h2-6,9,12-15,19H,7-8,10-11H2,1H3,(H2,25,31)(H,26,27). The van der Waals surface area contributed by atoms with Crippen LogP contribution in [0.25, 0.3) is 22.0 Å². The largest absolute Gasteiger partial charge is 0.389 e. The summed E-state index contributed by atoms with van der Waals surface area (Å²) in [5.74, 6) is 0. The van der Waals surface area contributed by atoms with Crippen molar-refractivity contribution in [3.05, 3.63) is 65.8 Å². The first-order chi connectivity index (χ1) is 16.0. The number of fused-ring (bicyclic) bond motifs is 1. The van der Waals surface area contributed by atoms with E-state index in [-0.39, 0.29) is 0 Å². The molecule has 170 valence electrons. The van der Waals surface area contributed by atoms with E-state index in [1.54, 1.807) is 23.8 Å². The minimum Gasteiger partial charge on any atom is -0.389 e. The third-order valence-corrected chi connectivity index (χ3v) is 8.17. The number of thiazole rings is 1. The molecule has 33 heavy (non-hydrogen) atoms.